The maximum atomic E-state index is 11.1. The monoisotopic (exact) mass is 310 g/mol. The summed E-state index contributed by atoms with van der Waals surface area (Å²) in [5.74, 6) is -3.01. The Morgan fingerprint density at radius 1 is 0.789 bits per heavy atom. The van der Waals surface area contributed by atoms with Crippen LogP contribution < -0.4 is 0 Å². The summed E-state index contributed by atoms with van der Waals surface area (Å²) in [7, 11) is 0. The molecule has 19 heavy (non-hydrogen) atoms. The topological polar surface area (TPSA) is 118 Å². The van der Waals surface area contributed by atoms with E-state index in [9.17, 15) is 19.2 Å². The number of esters is 2. The average Bonchev–Trinajstić information content (AvgIpc) is 2.30. The van der Waals surface area contributed by atoms with Crippen LogP contribution in [-0.4, -0.2) is 57.1 Å². The van der Waals surface area contributed by atoms with Gasteiger partial charge < -0.3 is 14.9 Å². The quantitative estimate of drug-likeness (QED) is 0.337. The molecule has 0 rings (SSSR count). The summed E-state index contributed by atoms with van der Waals surface area (Å²) in [5, 5.41) is 16.7. The standard InChI is InChI=1S/C10H14O7S2/c11-7(12)5-18-3-1-9(15)17-10(16)2-4-19-6-8(13)14/h1-6H2,(H,11,12)(H,13,14). The molecule has 0 radical (unpaired) electrons. The van der Waals surface area contributed by atoms with Gasteiger partial charge in [0.05, 0.1) is 24.3 Å². The number of carboxylic acids is 2. The number of carboxylic acid groups (broad SMARTS) is 2. The van der Waals surface area contributed by atoms with Gasteiger partial charge in [-0.2, -0.15) is 0 Å². The van der Waals surface area contributed by atoms with Crippen molar-refractivity contribution in [3.05, 3.63) is 0 Å². The molecule has 0 aromatic rings. The summed E-state index contributed by atoms with van der Waals surface area (Å²) in [4.78, 5) is 42.6. The third-order valence-corrected chi connectivity index (χ3v) is 3.47. The number of hydrogen-bond donors (Lipinski definition) is 2. The number of aliphatic carboxylic acids is 2. The molecule has 0 saturated carbocycles. The molecular weight excluding hydrogens is 296 g/mol. The first-order chi connectivity index (χ1) is 8.91. The summed E-state index contributed by atoms with van der Waals surface area (Å²) < 4.78 is 4.47. The molecule has 7 nitrogen and oxygen atoms in total. The van der Waals surface area contributed by atoms with Crippen LogP contribution in [0.4, 0.5) is 0 Å². The molecule has 108 valence electrons. The van der Waals surface area contributed by atoms with Crippen LogP contribution in [0, 0.1) is 0 Å². The highest BCUT2D eigenvalue weighted by molar-refractivity contribution is 8.00. The van der Waals surface area contributed by atoms with Gasteiger partial charge in [0.15, 0.2) is 0 Å². The molecule has 0 atom stereocenters. The van der Waals surface area contributed by atoms with Crippen LogP contribution in [0.1, 0.15) is 12.8 Å². The largest absolute Gasteiger partial charge is 0.481 e. The van der Waals surface area contributed by atoms with Crippen molar-refractivity contribution in [2.24, 2.45) is 0 Å². The molecule has 9 heteroatoms. The fraction of sp³-hybridized carbons (Fsp3) is 0.600. The van der Waals surface area contributed by atoms with Gasteiger partial charge in [0.2, 0.25) is 0 Å². The maximum Gasteiger partial charge on any atom is 0.314 e. The van der Waals surface area contributed by atoms with Crippen LogP contribution in [0.5, 0.6) is 0 Å². The van der Waals surface area contributed by atoms with Crippen LogP contribution >= 0.6 is 23.5 Å². The molecule has 0 heterocycles. The molecule has 0 amide bonds. The maximum absolute atomic E-state index is 11.1. The van der Waals surface area contributed by atoms with E-state index in [1.807, 2.05) is 0 Å². The smallest absolute Gasteiger partial charge is 0.314 e. The highest BCUT2D eigenvalue weighted by Crippen LogP contribution is 2.05. The summed E-state index contributed by atoms with van der Waals surface area (Å²) >= 11 is 2.12. The van der Waals surface area contributed by atoms with Gasteiger partial charge in [-0.25, -0.2) is 0 Å². The van der Waals surface area contributed by atoms with E-state index in [0.717, 1.165) is 23.5 Å². The Balaban J connectivity index is 3.55. The first-order valence-corrected chi connectivity index (χ1v) is 7.55. The van der Waals surface area contributed by atoms with E-state index < -0.39 is 23.9 Å². The lowest BCUT2D eigenvalue weighted by Gasteiger charge is -2.02. The zero-order chi connectivity index (χ0) is 14.7. The first-order valence-electron chi connectivity index (χ1n) is 5.24. The van der Waals surface area contributed by atoms with Gasteiger partial charge in [-0.3, -0.25) is 19.2 Å². The molecule has 0 unspecified atom stereocenters. The van der Waals surface area contributed by atoms with Crippen molar-refractivity contribution in [3.8, 4) is 0 Å². The first kappa shape index (κ1) is 17.8. The van der Waals surface area contributed by atoms with Gasteiger partial charge in [-0.15, -0.1) is 23.5 Å². The molecular formula is C10H14O7S2. The van der Waals surface area contributed by atoms with Crippen molar-refractivity contribution in [1.82, 2.24) is 0 Å². The minimum atomic E-state index is -0.968. The van der Waals surface area contributed by atoms with E-state index in [-0.39, 0.29) is 35.9 Å². The Bertz CT molecular complexity index is 311. The van der Waals surface area contributed by atoms with Crippen molar-refractivity contribution in [1.29, 1.82) is 0 Å². The van der Waals surface area contributed by atoms with Crippen molar-refractivity contribution in [3.63, 3.8) is 0 Å². The molecule has 0 saturated heterocycles. The summed E-state index contributed by atoms with van der Waals surface area (Å²) in [6, 6.07) is 0. The Morgan fingerprint density at radius 3 is 1.47 bits per heavy atom. The summed E-state index contributed by atoms with van der Waals surface area (Å²) in [6.07, 6.45) is -0.0715. The number of thioether (sulfide) groups is 2. The molecule has 0 aliphatic carbocycles. The highest BCUT2D eigenvalue weighted by Gasteiger charge is 2.11. The lowest BCUT2D eigenvalue weighted by Crippen LogP contribution is -2.14. The van der Waals surface area contributed by atoms with Gasteiger partial charge in [-0.1, -0.05) is 0 Å². The van der Waals surface area contributed by atoms with Crippen LogP contribution in [0.15, 0.2) is 0 Å². The van der Waals surface area contributed by atoms with E-state index in [0.29, 0.717) is 0 Å². The normalized spacial score (nSPS) is 9.89. The number of rotatable bonds is 10. The van der Waals surface area contributed by atoms with Gasteiger partial charge in [-0.05, 0) is 0 Å². The lowest BCUT2D eigenvalue weighted by molar-refractivity contribution is -0.159. The summed E-state index contributed by atoms with van der Waals surface area (Å²) in [5.41, 5.74) is 0. The van der Waals surface area contributed by atoms with Crippen LogP contribution in [0.3, 0.4) is 0 Å². The lowest BCUT2D eigenvalue weighted by atomic mass is 10.5. The predicted octanol–water partition coefficient (Wildman–Crippen LogP) is 0.472. The van der Waals surface area contributed by atoms with E-state index in [1.54, 1.807) is 0 Å². The van der Waals surface area contributed by atoms with Crippen molar-refractivity contribution >= 4 is 47.4 Å². The number of ether oxygens (including phenoxy) is 1. The van der Waals surface area contributed by atoms with Crippen LogP contribution in [-0.2, 0) is 23.9 Å². The molecule has 0 aliphatic rings. The molecule has 0 aromatic heterocycles. The zero-order valence-electron chi connectivity index (χ0n) is 9.99. The molecule has 0 aromatic carbocycles. The molecule has 2 N–H and O–H groups in total. The fourth-order valence-electron chi connectivity index (χ4n) is 0.859. The van der Waals surface area contributed by atoms with Crippen molar-refractivity contribution < 1.29 is 34.1 Å². The van der Waals surface area contributed by atoms with E-state index in [2.05, 4.69) is 4.74 Å². The minimum absolute atomic E-state index is 0.0358. The highest BCUT2D eigenvalue weighted by atomic mass is 32.2. The fourth-order valence-corrected chi connectivity index (χ4v) is 2.12. The molecule has 0 aliphatic heterocycles. The van der Waals surface area contributed by atoms with E-state index >= 15 is 0 Å². The Hall–Kier alpha value is -1.22. The second kappa shape index (κ2) is 10.7. The van der Waals surface area contributed by atoms with E-state index in [4.69, 9.17) is 10.2 Å². The Labute approximate surface area is 118 Å². The number of carbonyl (C=O) groups excluding carboxylic acids is 2. The minimum Gasteiger partial charge on any atom is -0.481 e. The van der Waals surface area contributed by atoms with Gasteiger partial charge in [0.25, 0.3) is 0 Å². The third-order valence-electron chi connectivity index (χ3n) is 1.58. The number of carbonyl (C=O) groups is 4. The van der Waals surface area contributed by atoms with Gasteiger partial charge in [0, 0.05) is 11.5 Å². The Morgan fingerprint density at radius 2 is 1.16 bits per heavy atom. The van der Waals surface area contributed by atoms with Crippen molar-refractivity contribution in [2.75, 3.05) is 23.0 Å². The third kappa shape index (κ3) is 13.0. The molecule has 0 fully saturated rings. The second-order valence-corrected chi connectivity index (χ2v) is 5.45. The van der Waals surface area contributed by atoms with Crippen LogP contribution in [0.2, 0.25) is 0 Å². The second-order valence-electron chi connectivity index (χ2n) is 3.24. The van der Waals surface area contributed by atoms with Crippen molar-refractivity contribution in [2.45, 2.75) is 12.8 Å². The van der Waals surface area contributed by atoms with Gasteiger partial charge in [0.1, 0.15) is 0 Å². The SMILES string of the molecule is O=C(O)CSCCC(=O)OC(=O)CCSCC(=O)O. The van der Waals surface area contributed by atoms with Crippen LogP contribution in [0.25, 0.3) is 0 Å². The number of hydrogen-bond acceptors (Lipinski definition) is 7. The Kier molecular flexibility index (Phi) is 9.99. The van der Waals surface area contributed by atoms with Gasteiger partial charge >= 0.3 is 23.9 Å². The average molecular weight is 310 g/mol. The summed E-state index contributed by atoms with van der Waals surface area (Å²) in [6.45, 7) is 0. The molecule has 0 spiro atoms. The zero-order valence-corrected chi connectivity index (χ0v) is 11.6. The van der Waals surface area contributed by atoms with E-state index in [1.165, 1.54) is 0 Å². The molecule has 0 bridgehead atoms. The predicted molar refractivity (Wildman–Crippen MR) is 70.3 cm³/mol.